The topological polar surface area (TPSA) is 42.8 Å². The van der Waals surface area contributed by atoms with Crippen molar-refractivity contribution in [2.24, 2.45) is 5.92 Å². The standard InChI is InChI=1S/C28H37F3N4O/c1-20-16-24(28(29,30)31)32-17-23(20)34-19-26(35(25(34)36)18-21-8-7-9-21)12-14-27(15-13-26,33(2)3)22-10-5-4-6-11-22/h4-6,10-11,16-17,21,25,36H,7-9,12-15,18-19H2,1-3H3. The van der Waals surface area contributed by atoms with Crippen LogP contribution in [0.5, 0.6) is 0 Å². The van der Waals surface area contributed by atoms with Crippen LogP contribution in [-0.2, 0) is 11.7 Å². The molecule has 1 spiro atoms. The van der Waals surface area contributed by atoms with E-state index in [0.29, 0.717) is 23.7 Å². The Kier molecular flexibility index (Phi) is 6.58. The van der Waals surface area contributed by atoms with Gasteiger partial charge >= 0.3 is 6.18 Å². The van der Waals surface area contributed by atoms with Crippen molar-refractivity contribution in [1.29, 1.82) is 0 Å². The van der Waals surface area contributed by atoms with E-state index in [1.165, 1.54) is 31.0 Å². The van der Waals surface area contributed by atoms with Crippen molar-refractivity contribution in [3.05, 3.63) is 59.4 Å². The molecule has 1 saturated heterocycles. The van der Waals surface area contributed by atoms with Crippen molar-refractivity contribution in [2.45, 2.75) is 75.5 Å². The molecule has 2 aliphatic carbocycles. The van der Waals surface area contributed by atoms with Gasteiger partial charge < -0.3 is 10.0 Å². The van der Waals surface area contributed by atoms with E-state index in [4.69, 9.17) is 0 Å². The third-order valence-corrected chi connectivity index (χ3v) is 9.17. The Morgan fingerprint density at radius 1 is 1.08 bits per heavy atom. The van der Waals surface area contributed by atoms with Gasteiger partial charge in [0.15, 0.2) is 6.35 Å². The summed E-state index contributed by atoms with van der Waals surface area (Å²) in [7, 11) is 4.29. The number of nitrogens with zero attached hydrogens (tertiary/aromatic N) is 4. The number of anilines is 1. The van der Waals surface area contributed by atoms with Gasteiger partial charge in [-0.05, 0) is 82.7 Å². The van der Waals surface area contributed by atoms with Gasteiger partial charge in [-0.15, -0.1) is 0 Å². The van der Waals surface area contributed by atoms with E-state index in [1.807, 2.05) is 11.0 Å². The Hall–Kier alpha value is -2.16. The van der Waals surface area contributed by atoms with Crippen LogP contribution < -0.4 is 4.90 Å². The first-order chi connectivity index (χ1) is 17.1. The SMILES string of the molecule is Cc1cc(C(F)(F)F)ncc1N1CC2(CCC(c3ccccc3)(N(C)C)CC2)N(CC2CCC2)C1O. The van der Waals surface area contributed by atoms with E-state index in [0.717, 1.165) is 38.3 Å². The molecule has 5 nitrogen and oxygen atoms in total. The minimum Gasteiger partial charge on any atom is -0.361 e. The van der Waals surface area contributed by atoms with Crippen LogP contribution in [0.15, 0.2) is 42.6 Å². The summed E-state index contributed by atoms with van der Waals surface area (Å²) in [6.07, 6.45) is 3.24. The molecule has 1 aromatic heterocycles. The van der Waals surface area contributed by atoms with Gasteiger partial charge in [0.2, 0.25) is 0 Å². The zero-order valence-electron chi connectivity index (χ0n) is 21.4. The van der Waals surface area contributed by atoms with Crippen molar-refractivity contribution in [2.75, 3.05) is 32.1 Å². The first-order valence-corrected chi connectivity index (χ1v) is 13.0. The average molecular weight is 503 g/mol. The number of aromatic nitrogens is 1. The molecule has 2 saturated carbocycles. The number of aryl methyl sites for hydroxylation is 1. The van der Waals surface area contributed by atoms with Gasteiger partial charge in [-0.2, -0.15) is 13.2 Å². The van der Waals surface area contributed by atoms with Gasteiger partial charge in [0, 0.05) is 24.2 Å². The van der Waals surface area contributed by atoms with Crippen LogP contribution in [0.4, 0.5) is 18.9 Å². The smallest absolute Gasteiger partial charge is 0.361 e. The minimum atomic E-state index is -4.49. The van der Waals surface area contributed by atoms with Crippen LogP contribution in [0.3, 0.4) is 0 Å². The van der Waals surface area contributed by atoms with Crippen LogP contribution in [0.2, 0.25) is 0 Å². The molecular weight excluding hydrogens is 465 g/mol. The summed E-state index contributed by atoms with van der Waals surface area (Å²) < 4.78 is 39.7. The average Bonchev–Trinajstić information content (AvgIpc) is 3.07. The summed E-state index contributed by atoms with van der Waals surface area (Å²) in [5.41, 5.74) is 1.19. The second-order valence-electron chi connectivity index (χ2n) is 11.3. The summed E-state index contributed by atoms with van der Waals surface area (Å²) in [4.78, 5) is 10.2. The van der Waals surface area contributed by atoms with Crippen molar-refractivity contribution in [3.8, 4) is 0 Å². The van der Waals surface area contributed by atoms with E-state index in [1.54, 1.807) is 6.92 Å². The van der Waals surface area contributed by atoms with E-state index in [9.17, 15) is 18.3 Å². The number of rotatable bonds is 5. The zero-order chi connectivity index (χ0) is 25.7. The lowest BCUT2D eigenvalue weighted by Gasteiger charge is -2.52. The highest BCUT2D eigenvalue weighted by Crippen LogP contribution is 2.51. The van der Waals surface area contributed by atoms with Gasteiger partial charge in [0.25, 0.3) is 0 Å². The number of pyridine rings is 1. The van der Waals surface area contributed by atoms with Crippen LogP contribution in [0, 0.1) is 12.8 Å². The highest BCUT2D eigenvalue weighted by Gasteiger charge is 2.55. The lowest BCUT2D eigenvalue weighted by molar-refractivity contribution is -0.141. The van der Waals surface area contributed by atoms with E-state index in [-0.39, 0.29) is 11.1 Å². The number of hydrogen-bond donors (Lipinski definition) is 1. The maximum Gasteiger partial charge on any atom is 0.433 e. The number of benzene rings is 1. The second-order valence-corrected chi connectivity index (χ2v) is 11.3. The Labute approximate surface area is 211 Å². The fraction of sp³-hybridized carbons (Fsp3) is 0.607. The van der Waals surface area contributed by atoms with Gasteiger partial charge in [-0.3, -0.25) is 9.80 Å². The number of halogens is 3. The molecule has 1 aliphatic heterocycles. The highest BCUT2D eigenvalue weighted by molar-refractivity contribution is 5.54. The Morgan fingerprint density at radius 3 is 2.28 bits per heavy atom. The quantitative estimate of drug-likeness (QED) is 0.595. The molecule has 5 rings (SSSR count). The number of alkyl halides is 3. The highest BCUT2D eigenvalue weighted by atomic mass is 19.4. The molecule has 8 heteroatoms. The van der Waals surface area contributed by atoms with E-state index < -0.39 is 18.2 Å². The van der Waals surface area contributed by atoms with Crippen molar-refractivity contribution >= 4 is 5.69 Å². The summed E-state index contributed by atoms with van der Waals surface area (Å²) in [5, 5.41) is 11.6. The summed E-state index contributed by atoms with van der Waals surface area (Å²) >= 11 is 0. The molecule has 1 unspecified atom stereocenters. The van der Waals surface area contributed by atoms with E-state index in [2.05, 4.69) is 53.1 Å². The molecule has 3 aliphatic rings. The van der Waals surface area contributed by atoms with Crippen LogP contribution in [0.25, 0.3) is 0 Å². The lowest BCUT2D eigenvalue weighted by Crippen LogP contribution is -2.57. The lowest BCUT2D eigenvalue weighted by atomic mass is 9.68. The Balaban J connectivity index is 1.45. The third-order valence-electron chi connectivity index (χ3n) is 9.17. The molecule has 1 atom stereocenters. The zero-order valence-corrected chi connectivity index (χ0v) is 21.4. The van der Waals surface area contributed by atoms with Gasteiger partial charge in [-0.25, -0.2) is 4.98 Å². The largest absolute Gasteiger partial charge is 0.433 e. The van der Waals surface area contributed by atoms with Crippen molar-refractivity contribution in [3.63, 3.8) is 0 Å². The maximum absolute atomic E-state index is 13.2. The molecular formula is C28H37F3N4O. The monoisotopic (exact) mass is 502 g/mol. The molecule has 0 amide bonds. The van der Waals surface area contributed by atoms with Gasteiger partial charge in [-0.1, -0.05) is 36.8 Å². The predicted molar refractivity (Wildman–Crippen MR) is 134 cm³/mol. The Morgan fingerprint density at radius 2 is 1.75 bits per heavy atom. The van der Waals surface area contributed by atoms with Gasteiger partial charge in [0.1, 0.15) is 5.69 Å². The summed E-state index contributed by atoms with van der Waals surface area (Å²) in [6.45, 7) is 3.09. The predicted octanol–water partition coefficient (Wildman–Crippen LogP) is 5.38. The molecule has 0 radical (unpaired) electrons. The number of aliphatic hydroxyl groups excluding tert-OH is 1. The third kappa shape index (κ3) is 4.31. The first-order valence-electron chi connectivity index (χ1n) is 13.0. The number of aliphatic hydroxyl groups is 1. The minimum absolute atomic E-state index is 0.0706. The maximum atomic E-state index is 13.2. The summed E-state index contributed by atoms with van der Waals surface area (Å²) in [5.74, 6) is 0.568. The second kappa shape index (κ2) is 9.30. The van der Waals surface area contributed by atoms with E-state index >= 15 is 0 Å². The fourth-order valence-electron chi connectivity index (χ4n) is 6.68. The van der Waals surface area contributed by atoms with Gasteiger partial charge in [0.05, 0.1) is 11.9 Å². The molecule has 1 N–H and O–H groups in total. The summed E-state index contributed by atoms with van der Waals surface area (Å²) in [6, 6.07) is 11.7. The molecule has 1 aromatic carbocycles. The molecule has 196 valence electrons. The molecule has 3 fully saturated rings. The van der Waals surface area contributed by atoms with Crippen molar-refractivity contribution < 1.29 is 18.3 Å². The number of hydrogen-bond acceptors (Lipinski definition) is 5. The first kappa shape index (κ1) is 25.5. The normalized spacial score (nSPS) is 29.8. The molecule has 0 bridgehead atoms. The van der Waals surface area contributed by atoms with Crippen molar-refractivity contribution in [1.82, 2.24) is 14.8 Å². The molecule has 36 heavy (non-hydrogen) atoms. The Bertz CT molecular complexity index is 1060. The molecule has 2 heterocycles. The fourth-order valence-corrected chi connectivity index (χ4v) is 6.68. The van der Waals surface area contributed by atoms with Crippen LogP contribution >= 0.6 is 0 Å². The molecule has 2 aromatic rings. The van der Waals surface area contributed by atoms with Crippen LogP contribution in [0.1, 0.15) is 61.8 Å². The van der Waals surface area contributed by atoms with Crippen LogP contribution in [-0.4, -0.2) is 59.0 Å².